The molecular weight excluding hydrogens is 1170 g/mol. The van der Waals surface area contributed by atoms with Gasteiger partial charge in [0.2, 0.25) is 29.5 Å². The molecule has 0 saturated carbocycles. The maximum absolute atomic E-state index is 15.9. The van der Waals surface area contributed by atoms with Crippen LogP contribution < -0.4 is 32.3 Å². The number of pyridine rings is 1. The first kappa shape index (κ1) is 68.3. The molecule has 0 saturated heterocycles. The SMILES string of the molecule is CC[C@@]1(O)C(=O)OCC2=C1C=C1c3nc4cc(F)c(C)c5c4c(c3CN1C2)CC(C(CNC(=O)CNC(=O)C(Cc1ccccc1)NC(=O)CNC(O)CNC(O)CN(CCOCCOCCOCCO)C(=O)CCCCCN1C(=O)C=CC1=O)CC(N)=O)C5. The highest BCUT2D eigenvalue weighted by molar-refractivity contribution is 6.12. The van der Waals surface area contributed by atoms with Crippen LogP contribution in [0.4, 0.5) is 4.39 Å². The third-order valence-corrected chi connectivity index (χ3v) is 16.9. The smallest absolute Gasteiger partial charge is 0.343 e. The average Bonchev–Trinajstić information content (AvgIpc) is 1.49. The standard InChI is InChI=1S/C63H83FN10O16/c1-3-63(86)46-28-50-60-45(35-73(50)34-42(46)37-90-62(63)85)44-26-40(25-43-38(2)47(64)29-48(71-60)59(43)44)41(27-51(65)76)30-66-53(78)32-69-61(84)49(24-39-10-6-4-7-11-39)70-54(79)33-67-52(77)31-68-55(80)36-72(16-18-87-20-22-89-23-21-88-19-17-75)56(81)12-8-5-9-15-74-57(82)13-14-58(74)83/h4,6-7,10-11,13-14,28-29,40-41,49,52,55,67-68,75,77,80,86H,3,5,8-9,12,15-27,30-37H2,1-2H3,(H2,65,76)(H,66,78)(H,69,84)(H,70,79)/t40?,41?,49?,52?,55?,63-/m0/s1. The number of imide groups is 1. The molecule has 5 aliphatic rings. The largest absolute Gasteiger partial charge is 0.459 e. The number of primary amides is 1. The van der Waals surface area contributed by atoms with Crippen molar-refractivity contribution in [3.05, 3.63) is 105 Å². The predicted octanol–water partition coefficient (Wildman–Crippen LogP) is -0.815. The summed E-state index contributed by atoms with van der Waals surface area (Å²) in [4.78, 5) is 113. The summed E-state index contributed by atoms with van der Waals surface area (Å²) in [6.45, 7) is 4.43. The lowest BCUT2D eigenvalue weighted by Crippen LogP contribution is -2.53. The van der Waals surface area contributed by atoms with E-state index in [4.69, 9.17) is 34.8 Å². The molecule has 27 heteroatoms. The first-order chi connectivity index (χ1) is 43.3. The van der Waals surface area contributed by atoms with Gasteiger partial charge in [-0.3, -0.25) is 49.1 Å². The van der Waals surface area contributed by atoms with Crippen LogP contribution in [0.15, 0.2) is 65.8 Å². The number of esters is 1. The number of amides is 7. The molecule has 0 bridgehead atoms. The molecule has 1 aliphatic carbocycles. The Morgan fingerprint density at radius 1 is 0.867 bits per heavy atom. The predicted molar refractivity (Wildman–Crippen MR) is 323 cm³/mol. The van der Waals surface area contributed by atoms with E-state index < -0.39 is 78.5 Å². The summed E-state index contributed by atoms with van der Waals surface area (Å²) in [6.07, 6.45) is 3.90. The Labute approximate surface area is 520 Å². The van der Waals surface area contributed by atoms with Crippen molar-refractivity contribution in [2.45, 2.75) is 102 Å². The number of nitrogens with one attached hydrogen (secondary N) is 5. The number of fused-ring (bicyclic) bond motifs is 4. The molecule has 488 valence electrons. The Balaban J connectivity index is 0.826. The number of benzene rings is 2. The number of carbonyl (C=O) groups is 8. The molecule has 26 nitrogen and oxygen atoms in total. The third-order valence-electron chi connectivity index (χ3n) is 16.9. The number of carbonyl (C=O) groups excluding carboxylic acids is 8. The number of aromatic nitrogens is 1. The van der Waals surface area contributed by atoms with Gasteiger partial charge in [0.1, 0.15) is 30.9 Å². The topological polar surface area (TPSA) is 363 Å². The number of halogens is 1. The van der Waals surface area contributed by atoms with Crippen molar-refractivity contribution in [1.82, 2.24) is 46.3 Å². The van der Waals surface area contributed by atoms with Crippen LogP contribution in [0.25, 0.3) is 16.6 Å². The van der Waals surface area contributed by atoms with Gasteiger partial charge in [-0.25, -0.2) is 14.2 Å². The Morgan fingerprint density at radius 3 is 2.29 bits per heavy atom. The first-order valence-corrected chi connectivity index (χ1v) is 30.6. The second kappa shape index (κ2) is 32.4. The highest BCUT2D eigenvalue weighted by Gasteiger charge is 2.47. The van der Waals surface area contributed by atoms with Gasteiger partial charge in [0.25, 0.3) is 11.8 Å². The summed E-state index contributed by atoms with van der Waals surface area (Å²) < 4.78 is 37.5. The zero-order valence-electron chi connectivity index (χ0n) is 50.9. The van der Waals surface area contributed by atoms with E-state index in [9.17, 15) is 53.7 Å². The lowest BCUT2D eigenvalue weighted by Gasteiger charge is -2.37. The van der Waals surface area contributed by atoms with Crippen LogP contribution in [0.3, 0.4) is 0 Å². The fourth-order valence-corrected chi connectivity index (χ4v) is 12.0. The number of hydrogen-bond acceptors (Lipinski definition) is 20. The van der Waals surface area contributed by atoms with E-state index in [1.807, 2.05) is 0 Å². The zero-order chi connectivity index (χ0) is 64.5. The van der Waals surface area contributed by atoms with E-state index in [-0.39, 0.29) is 122 Å². The monoisotopic (exact) mass is 1250 g/mol. The van der Waals surface area contributed by atoms with Gasteiger partial charge >= 0.3 is 5.97 Å². The van der Waals surface area contributed by atoms with E-state index in [0.29, 0.717) is 92.0 Å². The number of nitrogens with zero attached hydrogens (tertiary/aromatic N) is 4. The Kier molecular flexibility index (Phi) is 24.6. The number of nitrogens with two attached hydrogens (primary N) is 1. The van der Waals surface area contributed by atoms with Gasteiger partial charge in [-0.2, -0.15) is 0 Å². The molecule has 0 radical (unpaired) electrons. The lowest BCUT2D eigenvalue weighted by molar-refractivity contribution is -0.163. The van der Waals surface area contributed by atoms with Crippen molar-refractivity contribution in [3.8, 4) is 0 Å². The minimum Gasteiger partial charge on any atom is -0.459 e. The molecule has 4 aliphatic heterocycles. The molecule has 0 spiro atoms. The van der Waals surface area contributed by atoms with E-state index in [2.05, 4.69) is 31.5 Å². The minimum atomic E-state index is -1.82. The van der Waals surface area contributed by atoms with Gasteiger partial charge < -0.3 is 70.9 Å². The Bertz CT molecular complexity index is 3200. The lowest BCUT2D eigenvalue weighted by atomic mass is 9.73. The fraction of sp³-hybridized carbons (Fsp3) is 0.540. The molecule has 5 unspecified atom stereocenters. The van der Waals surface area contributed by atoms with Crippen LogP contribution in [0.5, 0.6) is 0 Å². The van der Waals surface area contributed by atoms with Crippen LogP contribution in [-0.2, 0) is 83.1 Å². The molecule has 90 heavy (non-hydrogen) atoms. The maximum atomic E-state index is 15.9. The Morgan fingerprint density at radius 2 is 1.58 bits per heavy atom. The second-order valence-electron chi connectivity index (χ2n) is 23.1. The van der Waals surface area contributed by atoms with Crippen molar-refractivity contribution in [2.24, 2.45) is 17.6 Å². The number of unbranched alkanes of at least 4 members (excludes halogenated alkanes) is 2. The van der Waals surface area contributed by atoms with Crippen molar-refractivity contribution >= 4 is 63.9 Å². The van der Waals surface area contributed by atoms with E-state index >= 15 is 4.39 Å². The molecule has 11 N–H and O–H groups in total. The average molecular weight is 1260 g/mol. The highest BCUT2D eigenvalue weighted by Crippen LogP contribution is 2.47. The minimum absolute atomic E-state index is 0.0219. The first-order valence-electron chi connectivity index (χ1n) is 30.6. The maximum Gasteiger partial charge on any atom is 0.343 e. The van der Waals surface area contributed by atoms with Gasteiger partial charge in [-0.1, -0.05) is 43.7 Å². The molecule has 6 atom stereocenters. The summed E-state index contributed by atoms with van der Waals surface area (Å²) in [6, 6.07) is 9.08. The number of rotatable bonds is 37. The summed E-state index contributed by atoms with van der Waals surface area (Å²) in [5.74, 6) is -5.64. The molecule has 7 amide bonds. The molecule has 1 aromatic heterocycles. The van der Waals surface area contributed by atoms with Gasteiger partial charge in [-0.05, 0) is 84.8 Å². The van der Waals surface area contributed by atoms with E-state index in [1.54, 1.807) is 50.3 Å². The fourth-order valence-electron chi connectivity index (χ4n) is 12.0. The van der Waals surface area contributed by atoms with Gasteiger partial charge in [0, 0.05) is 93.3 Å². The molecule has 3 aromatic rings. The number of aliphatic hydroxyl groups excluding tert-OH is 3. The zero-order valence-corrected chi connectivity index (χ0v) is 50.9. The van der Waals surface area contributed by atoms with Crippen molar-refractivity contribution in [1.29, 1.82) is 0 Å². The normalized spacial score (nSPS) is 18.8. The van der Waals surface area contributed by atoms with Gasteiger partial charge in [0.05, 0.1) is 82.8 Å². The quantitative estimate of drug-likeness (QED) is 0.0146. The van der Waals surface area contributed by atoms with Gasteiger partial charge in [0.15, 0.2) is 5.60 Å². The van der Waals surface area contributed by atoms with Crippen LogP contribution in [-0.4, -0.2) is 217 Å². The number of ether oxygens (including phenoxy) is 4. The van der Waals surface area contributed by atoms with Crippen LogP contribution >= 0.6 is 0 Å². The van der Waals surface area contributed by atoms with Crippen molar-refractivity contribution < 1.29 is 82.1 Å². The van der Waals surface area contributed by atoms with E-state index in [0.717, 1.165) is 32.5 Å². The summed E-state index contributed by atoms with van der Waals surface area (Å²) in [5.41, 5.74) is 10.7. The summed E-state index contributed by atoms with van der Waals surface area (Å²) in [7, 11) is 0. The number of cyclic esters (lactones) is 1. The molecule has 0 fully saturated rings. The highest BCUT2D eigenvalue weighted by atomic mass is 19.1. The molecule has 5 heterocycles. The second-order valence-corrected chi connectivity index (χ2v) is 23.1. The van der Waals surface area contributed by atoms with Crippen molar-refractivity contribution in [3.63, 3.8) is 0 Å². The summed E-state index contributed by atoms with van der Waals surface area (Å²) >= 11 is 0. The number of hydrogen-bond donors (Lipinski definition) is 10. The summed E-state index contributed by atoms with van der Waals surface area (Å²) in [5, 5.41) is 56.5. The molecule has 2 aromatic carbocycles. The van der Waals surface area contributed by atoms with Gasteiger partial charge in [-0.15, -0.1) is 0 Å². The third kappa shape index (κ3) is 17.7. The van der Waals surface area contributed by atoms with Crippen LogP contribution in [0.2, 0.25) is 0 Å². The van der Waals surface area contributed by atoms with Crippen LogP contribution in [0, 0.1) is 24.6 Å². The molecular formula is C63H83FN10O16. The van der Waals surface area contributed by atoms with Crippen molar-refractivity contribution in [2.75, 3.05) is 105 Å². The molecule has 8 rings (SSSR count). The number of aliphatic hydroxyl groups is 4. The Hall–Kier alpha value is -7.60. The van der Waals surface area contributed by atoms with E-state index in [1.165, 1.54) is 23.1 Å². The van der Waals surface area contributed by atoms with Crippen LogP contribution in [0.1, 0.15) is 79.0 Å².